The lowest BCUT2D eigenvalue weighted by atomic mass is 10.4. The van der Waals surface area contributed by atoms with Crippen molar-refractivity contribution in [2.75, 3.05) is 18.8 Å². The predicted molar refractivity (Wildman–Crippen MR) is 116 cm³/mol. The number of sulfone groups is 1. The first-order chi connectivity index (χ1) is 11.5. The fourth-order valence-electron chi connectivity index (χ4n) is 2.12. The molecule has 1 aromatic heterocycles. The van der Waals surface area contributed by atoms with Gasteiger partial charge >= 0.3 is 0 Å². The number of aryl methyl sites for hydroxylation is 1. The number of nitrogens with zero attached hydrogens (tertiary/aromatic N) is 1. The summed E-state index contributed by atoms with van der Waals surface area (Å²) in [6.45, 7) is 5.66. The summed E-state index contributed by atoms with van der Waals surface area (Å²) in [5.41, 5.74) is 0. The van der Waals surface area contributed by atoms with Crippen molar-refractivity contribution in [3.05, 3.63) is 52.2 Å². The van der Waals surface area contributed by atoms with Gasteiger partial charge in [0.1, 0.15) is 0 Å². The summed E-state index contributed by atoms with van der Waals surface area (Å²) in [4.78, 5) is 7.29. The minimum absolute atomic E-state index is 0. The number of thiophene rings is 1. The van der Waals surface area contributed by atoms with E-state index in [0.29, 0.717) is 23.9 Å². The standard InChI is InChI=1S/C17H23N3O2S2.HI/c1-3-18-17(20-13-15-10-9-14(2)23-15)19-11-12-24(21,22)16-7-5-4-6-8-16;/h4-10H,3,11-13H2,1-2H3,(H2,18,19,20);1H. The fraction of sp³-hybridized carbons (Fsp3) is 0.353. The van der Waals surface area contributed by atoms with E-state index in [9.17, 15) is 8.42 Å². The van der Waals surface area contributed by atoms with Crippen molar-refractivity contribution in [2.24, 2.45) is 4.99 Å². The van der Waals surface area contributed by atoms with Crippen molar-refractivity contribution in [3.63, 3.8) is 0 Å². The molecule has 2 N–H and O–H groups in total. The fourth-order valence-corrected chi connectivity index (χ4v) is 4.11. The van der Waals surface area contributed by atoms with Crippen LogP contribution in [0.4, 0.5) is 0 Å². The Bertz CT molecular complexity index is 774. The number of hydrogen-bond donors (Lipinski definition) is 2. The van der Waals surface area contributed by atoms with Gasteiger partial charge in [-0.3, -0.25) is 0 Å². The average Bonchev–Trinajstić information content (AvgIpc) is 2.99. The molecule has 8 heteroatoms. The molecule has 0 bridgehead atoms. The molecule has 0 aliphatic rings. The number of benzene rings is 1. The number of guanidine groups is 1. The summed E-state index contributed by atoms with van der Waals surface area (Å²) in [6.07, 6.45) is 0. The van der Waals surface area contributed by atoms with Crippen LogP contribution in [0.1, 0.15) is 16.7 Å². The van der Waals surface area contributed by atoms with Gasteiger partial charge in [0.15, 0.2) is 15.8 Å². The summed E-state index contributed by atoms with van der Waals surface area (Å²) < 4.78 is 24.5. The molecule has 2 aromatic rings. The van der Waals surface area contributed by atoms with Gasteiger partial charge in [0, 0.05) is 22.8 Å². The Morgan fingerprint density at radius 1 is 1.12 bits per heavy atom. The van der Waals surface area contributed by atoms with E-state index in [4.69, 9.17) is 0 Å². The topological polar surface area (TPSA) is 70.6 Å². The van der Waals surface area contributed by atoms with E-state index in [1.807, 2.05) is 6.92 Å². The summed E-state index contributed by atoms with van der Waals surface area (Å²) in [7, 11) is -3.28. The zero-order valence-corrected chi connectivity index (χ0v) is 18.3. The molecule has 1 heterocycles. The highest BCUT2D eigenvalue weighted by atomic mass is 127. The molecule has 25 heavy (non-hydrogen) atoms. The van der Waals surface area contributed by atoms with E-state index in [1.165, 1.54) is 9.75 Å². The van der Waals surface area contributed by atoms with Gasteiger partial charge in [0.2, 0.25) is 0 Å². The highest BCUT2D eigenvalue weighted by Gasteiger charge is 2.13. The number of aliphatic imine (C=N–C) groups is 1. The molecule has 0 saturated heterocycles. The average molecular weight is 493 g/mol. The van der Waals surface area contributed by atoms with Gasteiger partial charge in [0.25, 0.3) is 0 Å². The second kappa shape index (κ2) is 10.8. The smallest absolute Gasteiger partial charge is 0.191 e. The minimum Gasteiger partial charge on any atom is -0.357 e. The molecular formula is C17H24IN3O2S2. The molecule has 0 radical (unpaired) electrons. The van der Waals surface area contributed by atoms with Crippen LogP contribution in [-0.2, 0) is 16.4 Å². The molecule has 0 aliphatic heterocycles. The van der Waals surface area contributed by atoms with Gasteiger partial charge in [-0.15, -0.1) is 35.3 Å². The maximum absolute atomic E-state index is 12.3. The van der Waals surface area contributed by atoms with Crippen molar-refractivity contribution in [3.8, 4) is 0 Å². The van der Waals surface area contributed by atoms with E-state index in [-0.39, 0.29) is 29.7 Å². The number of rotatable bonds is 7. The zero-order chi connectivity index (χ0) is 17.4. The van der Waals surface area contributed by atoms with E-state index in [0.717, 1.165) is 6.54 Å². The van der Waals surface area contributed by atoms with Gasteiger partial charge in [0.05, 0.1) is 17.2 Å². The van der Waals surface area contributed by atoms with Crippen LogP contribution in [-0.4, -0.2) is 33.2 Å². The highest BCUT2D eigenvalue weighted by molar-refractivity contribution is 14.0. The SMILES string of the molecule is CCNC(=NCc1ccc(C)s1)NCCS(=O)(=O)c1ccccc1.I. The Morgan fingerprint density at radius 3 is 2.44 bits per heavy atom. The third-order valence-corrected chi connectivity index (χ3v) is 6.02. The van der Waals surface area contributed by atoms with E-state index >= 15 is 0 Å². The van der Waals surface area contributed by atoms with Crippen molar-refractivity contribution in [1.82, 2.24) is 10.6 Å². The Kier molecular flexibility index (Phi) is 9.44. The quantitative estimate of drug-likeness (QED) is 0.353. The van der Waals surface area contributed by atoms with Crippen LogP contribution >= 0.6 is 35.3 Å². The third kappa shape index (κ3) is 7.33. The summed E-state index contributed by atoms with van der Waals surface area (Å²) >= 11 is 1.71. The zero-order valence-electron chi connectivity index (χ0n) is 14.4. The summed E-state index contributed by atoms with van der Waals surface area (Å²) in [6, 6.07) is 12.6. The van der Waals surface area contributed by atoms with Crippen LogP contribution in [0.5, 0.6) is 0 Å². The van der Waals surface area contributed by atoms with Crippen molar-refractivity contribution >= 4 is 51.1 Å². The van der Waals surface area contributed by atoms with E-state index < -0.39 is 9.84 Å². The largest absolute Gasteiger partial charge is 0.357 e. The summed E-state index contributed by atoms with van der Waals surface area (Å²) in [5.74, 6) is 0.659. The highest BCUT2D eigenvalue weighted by Crippen LogP contribution is 2.15. The van der Waals surface area contributed by atoms with Crippen LogP contribution in [0.3, 0.4) is 0 Å². The Balaban J connectivity index is 0.00000312. The lowest BCUT2D eigenvalue weighted by molar-refractivity contribution is 0.594. The van der Waals surface area contributed by atoms with Gasteiger partial charge in [-0.1, -0.05) is 18.2 Å². The Morgan fingerprint density at radius 2 is 1.84 bits per heavy atom. The van der Waals surface area contributed by atoms with Gasteiger partial charge in [-0.05, 0) is 38.1 Å². The monoisotopic (exact) mass is 493 g/mol. The molecule has 5 nitrogen and oxygen atoms in total. The number of halogens is 1. The Hall–Kier alpha value is -1.13. The van der Waals surface area contributed by atoms with Crippen molar-refractivity contribution < 1.29 is 8.42 Å². The maximum Gasteiger partial charge on any atom is 0.191 e. The van der Waals surface area contributed by atoms with Crippen LogP contribution in [0.15, 0.2) is 52.4 Å². The molecule has 138 valence electrons. The van der Waals surface area contributed by atoms with Crippen LogP contribution < -0.4 is 10.6 Å². The maximum atomic E-state index is 12.3. The van der Waals surface area contributed by atoms with Gasteiger partial charge < -0.3 is 10.6 Å². The normalized spacial score (nSPS) is 11.7. The minimum atomic E-state index is -3.28. The van der Waals surface area contributed by atoms with Crippen LogP contribution in [0.2, 0.25) is 0 Å². The predicted octanol–water partition coefficient (Wildman–Crippen LogP) is 3.20. The molecule has 0 aliphatic carbocycles. The lowest BCUT2D eigenvalue weighted by Gasteiger charge is -2.11. The Labute approximate surface area is 170 Å². The van der Waals surface area contributed by atoms with Crippen LogP contribution in [0, 0.1) is 6.92 Å². The lowest BCUT2D eigenvalue weighted by Crippen LogP contribution is -2.39. The van der Waals surface area contributed by atoms with Crippen LogP contribution in [0.25, 0.3) is 0 Å². The second-order valence-corrected chi connectivity index (χ2v) is 8.75. The molecule has 0 fully saturated rings. The second-order valence-electron chi connectivity index (χ2n) is 5.27. The van der Waals surface area contributed by atoms with Crippen molar-refractivity contribution in [2.45, 2.75) is 25.3 Å². The van der Waals surface area contributed by atoms with Gasteiger partial charge in [-0.25, -0.2) is 13.4 Å². The molecular weight excluding hydrogens is 469 g/mol. The molecule has 0 spiro atoms. The first-order valence-corrected chi connectivity index (χ1v) is 10.3. The molecule has 1 aromatic carbocycles. The number of hydrogen-bond acceptors (Lipinski definition) is 4. The molecule has 0 amide bonds. The molecule has 2 rings (SSSR count). The third-order valence-electron chi connectivity index (χ3n) is 3.30. The van der Waals surface area contributed by atoms with E-state index in [2.05, 4.69) is 34.7 Å². The summed E-state index contributed by atoms with van der Waals surface area (Å²) in [5, 5.41) is 6.22. The number of nitrogens with one attached hydrogen (secondary N) is 2. The first-order valence-electron chi connectivity index (χ1n) is 7.86. The van der Waals surface area contributed by atoms with Gasteiger partial charge in [-0.2, -0.15) is 0 Å². The van der Waals surface area contributed by atoms with E-state index in [1.54, 1.807) is 41.7 Å². The molecule has 0 atom stereocenters. The molecule has 0 unspecified atom stereocenters. The van der Waals surface area contributed by atoms with Crippen molar-refractivity contribution in [1.29, 1.82) is 0 Å². The molecule has 0 saturated carbocycles. The first kappa shape index (κ1) is 21.9.